The maximum absolute atomic E-state index is 12.6. The van der Waals surface area contributed by atoms with Gasteiger partial charge in [0.1, 0.15) is 11.1 Å². The molecule has 0 saturated heterocycles. The summed E-state index contributed by atoms with van der Waals surface area (Å²) in [6.07, 6.45) is 0. The van der Waals surface area contributed by atoms with Gasteiger partial charge in [-0.3, -0.25) is 13.9 Å². The van der Waals surface area contributed by atoms with Gasteiger partial charge in [-0.15, -0.1) is 0 Å². The minimum absolute atomic E-state index is 0.0209. The van der Waals surface area contributed by atoms with Crippen LogP contribution < -0.4 is 21.3 Å². The van der Waals surface area contributed by atoms with Crippen LogP contribution >= 0.6 is 0 Å². The van der Waals surface area contributed by atoms with Crippen molar-refractivity contribution in [1.29, 1.82) is 0 Å². The van der Waals surface area contributed by atoms with Gasteiger partial charge in [-0.1, -0.05) is 6.07 Å². The second-order valence-electron chi connectivity index (χ2n) is 4.80. The Balaban J connectivity index is 2.84. The third-order valence-electron chi connectivity index (χ3n) is 3.51. The predicted molar refractivity (Wildman–Crippen MR) is 78.5 cm³/mol. The molecule has 20 heavy (non-hydrogen) atoms. The number of benzene rings is 1. The molecular formula is C14H19N3O3. The Morgan fingerprint density at radius 3 is 2.65 bits per heavy atom. The summed E-state index contributed by atoms with van der Waals surface area (Å²) in [7, 11) is 4.96. The average molecular weight is 277 g/mol. The van der Waals surface area contributed by atoms with Crippen LogP contribution in [0.1, 0.15) is 6.92 Å². The highest BCUT2D eigenvalue weighted by Gasteiger charge is 2.15. The Kier molecular flexibility index (Phi) is 3.94. The molecule has 0 saturated carbocycles. The molecule has 6 nitrogen and oxygen atoms in total. The van der Waals surface area contributed by atoms with Gasteiger partial charge in [0.05, 0.1) is 12.6 Å². The normalized spacial score (nSPS) is 12.6. The summed E-state index contributed by atoms with van der Waals surface area (Å²) in [6, 6.07) is 5.25. The lowest BCUT2D eigenvalue weighted by Gasteiger charge is -2.15. The molecule has 1 heterocycles. The number of nitrogens with zero attached hydrogens (tertiary/aromatic N) is 2. The summed E-state index contributed by atoms with van der Waals surface area (Å²) in [5.74, 6) is 0.481. The van der Waals surface area contributed by atoms with Crippen molar-refractivity contribution in [1.82, 2.24) is 14.5 Å². The number of aryl methyl sites for hydroxylation is 1. The monoisotopic (exact) mass is 277 g/mol. The molecule has 108 valence electrons. The van der Waals surface area contributed by atoms with Crippen LogP contribution in [0, 0.1) is 0 Å². The molecule has 0 fully saturated rings. The number of nitrogens with one attached hydrogen (secondary N) is 1. The summed E-state index contributed by atoms with van der Waals surface area (Å²) < 4.78 is 7.96. The van der Waals surface area contributed by atoms with Crippen LogP contribution in [0.2, 0.25) is 0 Å². The molecule has 6 heteroatoms. The number of rotatable bonds is 4. The Bertz CT molecular complexity index is 746. The van der Waals surface area contributed by atoms with E-state index in [0.29, 0.717) is 23.2 Å². The van der Waals surface area contributed by atoms with Crippen molar-refractivity contribution in [2.75, 3.05) is 14.2 Å². The van der Waals surface area contributed by atoms with E-state index >= 15 is 0 Å². The van der Waals surface area contributed by atoms with E-state index in [1.165, 1.54) is 16.2 Å². The van der Waals surface area contributed by atoms with E-state index in [2.05, 4.69) is 5.32 Å². The fourth-order valence-electron chi connectivity index (χ4n) is 2.22. The number of aromatic nitrogens is 2. The van der Waals surface area contributed by atoms with E-state index in [-0.39, 0.29) is 17.3 Å². The Morgan fingerprint density at radius 1 is 1.35 bits per heavy atom. The molecule has 0 bridgehead atoms. The Morgan fingerprint density at radius 2 is 2.05 bits per heavy atom. The predicted octanol–water partition coefficient (Wildman–Crippen LogP) is 0.317. The van der Waals surface area contributed by atoms with Crippen molar-refractivity contribution in [3.8, 4) is 5.75 Å². The molecule has 1 aromatic carbocycles. The van der Waals surface area contributed by atoms with Crippen molar-refractivity contribution < 1.29 is 4.74 Å². The molecule has 2 aromatic rings. The average Bonchev–Trinajstić information content (AvgIpc) is 2.48. The standard InChI is InChI=1S/C14H19N3O3/c1-9(15-2)8-17-13(18)12-10(16(3)14(17)19)6-5-7-11(12)20-4/h5-7,9,15H,8H2,1-4H3. The minimum atomic E-state index is -0.321. The van der Waals surface area contributed by atoms with E-state index in [9.17, 15) is 9.59 Å². The lowest BCUT2D eigenvalue weighted by molar-refractivity contribution is 0.418. The molecule has 2 rings (SSSR count). The van der Waals surface area contributed by atoms with Crippen molar-refractivity contribution in [3.63, 3.8) is 0 Å². The van der Waals surface area contributed by atoms with Crippen LogP contribution in [0.5, 0.6) is 5.75 Å². The van der Waals surface area contributed by atoms with E-state index < -0.39 is 0 Å². The third kappa shape index (κ3) is 2.22. The highest BCUT2D eigenvalue weighted by molar-refractivity contribution is 5.84. The Labute approximate surface area is 116 Å². The second kappa shape index (κ2) is 5.50. The van der Waals surface area contributed by atoms with E-state index in [4.69, 9.17) is 4.74 Å². The number of hydrogen-bond acceptors (Lipinski definition) is 4. The van der Waals surface area contributed by atoms with Crippen LogP contribution in [0.25, 0.3) is 10.9 Å². The first-order chi connectivity index (χ1) is 9.51. The first kappa shape index (κ1) is 14.3. The summed E-state index contributed by atoms with van der Waals surface area (Å²) >= 11 is 0. The molecule has 1 aromatic heterocycles. The van der Waals surface area contributed by atoms with Crippen LogP contribution in [0.4, 0.5) is 0 Å². The fourth-order valence-corrected chi connectivity index (χ4v) is 2.22. The first-order valence-electron chi connectivity index (χ1n) is 6.45. The zero-order chi connectivity index (χ0) is 14.9. The molecule has 1 unspecified atom stereocenters. The summed E-state index contributed by atoms with van der Waals surface area (Å²) in [5, 5.41) is 3.46. The third-order valence-corrected chi connectivity index (χ3v) is 3.51. The quantitative estimate of drug-likeness (QED) is 0.874. The molecular weight excluding hydrogens is 258 g/mol. The zero-order valence-electron chi connectivity index (χ0n) is 12.1. The van der Waals surface area contributed by atoms with E-state index in [1.54, 1.807) is 32.3 Å². The summed E-state index contributed by atoms with van der Waals surface area (Å²) in [6.45, 7) is 2.23. The molecule has 0 aliphatic rings. The van der Waals surface area contributed by atoms with Gasteiger partial charge < -0.3 is 10.1 Å². The number of likely N-dealkylation sites (N-methyl/N-ethyl adjacent to an activating group) is 1. The lowest BCUT2D eigenvalue weighted by atomic mass is 10.2. The SMILES string of the molecule is CNC(C)Cn1c(=O)c2c(OC)cccc2n(C)c1=O. The summed E-state index contributed by atoms with van der Waals surface area (Å²) in [5.41, 5.74) is -0.0618. The largest absolute Gasteiger partial charge is 0.496 e. The van der Waals surface area contributed by atoms with Crippen molar-refractivity contribution in [2.45, 2.75) is 19.5 Å². The number of hydrogen-bond donors (Lipinski definition) is 1. The molecule has 0 aliphatic heterocycles. The number of ether oxygens (including phenoxy) is 1. The van der Waals surface area contributed by atoms with Gasteiger partial charge in [0.25, 0.3) is 5.56 Å². The first-order valence-corrected chi connectivity index (χ1v) is 6.45. The van der Waals surface area contributed by atoms with Gasteiger partial charge in [0.2, 0.25) is 0 Å². The van der Waals surface area contributed by atoms with Gasteiger partial charge in [0, 0.05) is 19.6 Å². The molecule has 0 radical (unpaired) electrons. The van der Waals surface area contributed by atoms with E-state index in [0.717, 1.165) is 0 Å². The highest BCUT2D eigenvalue weighted by Crippen LogP contribution is 2.20. The molecule has 0 aliphatic carbocycles. The van der Waals surface area contributed by atoms with Gasteiger partial charge in [0.15, 0.2) is 0 Å². The second-order valence-corrected chi connectivity index (χ2v) is 4.80. The Hall–Kier alpha value is -2.08. The molecule has 0 spiro atoms. The van der Waals surface area contributed by atoms with Crippen LogP contribution in [0.3, 0.4) is 0 Å². The van der Waals surface area contributed by atoms with E-state index in [1.807, 2.05) is 6.92 Å². The topological polar surface area (TPSA) is 65.3 Å². The van der Waals surface area contributed by atoms with Crippen LogP contribution in [-0.4, -0.2) is 29.3 Å². The fraction of sp³-hybridized carbons (Fsp3) is 0.429. The van der Waals surface area contributed by atoms with Crippen molar-refractivity contribution in [2.24, 2.45) is 7.05 Å². The van der Waals surface area contributed by atoms with Crippen molar-refractivity contribution in [3.05, 3.63) is 39.0 Å². The molecule has 0 amide bonds. The van der Waals surface area contributed by atoms with Gasteiger partial charge in [-0.2, -0.15) is 0 Å². The van der Waals surface area contributed by atoms with Crippen LogP contribution in [0.15, 0.2) is 27.8 Å². The van der Waals surface area contributed by atoms with Gasteiger partial charge >= 0.3 is 5.69 Å². The summed E-state index contributed by atoms with van der Waals surface area (Å²) in [4.78, 5) is 24.9. The minimum Gasteiger partial charge on any atom is -0.496 e. The smallest absolute Gasteiger partial charge is 0.331 e. The zero-order valence-corrected chi connectivity index (χ0v) is 12.1. The number of fused-ring (bicyclic) bond motifs is 1. The molecule has 1 atom stereocenters. The molecule has 1 N–H and O–H groups in total. The maximum Gasteiger partial charge on any atom is 0.331 e. The van der Waals surface area contributed by atoms with Crippen LogP contribution in [-0.2, 0) is 13.6 Å². The maximum atomic E-state index is 12.6. The highest BCUT2D eigenvalue weighted by atomic mass is 16.5. The number of methoxy groups -OCH3 is 1. The van der Waals surface area contributed by atoms with Gasteiger partial charge in [-0.05, 0) is 26.1 Å². The van der Waals surface area contributed by atoms with Crippen molar-refractivity contribution >= 4 is 10.9 Å². The lowest BCUT2D eigenvalue weighted by Crippen LogP contribution is -2.43. The van der Waals surface area contributed by atoms with Gasteiger partial charge in [-0.25, -0.2) is 4.79 Å².